The van der Waals surface area contributed by atoms with Gasteiger partial charge in [0.15, 0.2) is 0 Å². The molecule has 0 aliphatic carbocycles. The van der Waals surface area contributed by atoms with E-state index in [2.05, 4.69) is 6.92 Å². The van der Waals surface area contributed by atoms with Gasteiger partial charge in [0.2, 0.25) is 0 Å². The summed E-state index contributed by atoms with van der Waals surface area (Å²) in [7, 11) is 0. The number of carbonyl (C=O) groups excluding carboxylic acids is 3. The zero-order chi connectivity index (χ0) is 18.9. The molecule has 2 amide bonds. The minimum atomic E-state index is -0.899. The van der Waals surface area contributed by atoms with Crippen molar-refractivity contribution in [3.8, 4) is 0 Å². The summed E-state index contributed by atoms with van der Waals surface area (Å²) in [5.74, 6) is 0.130. The van der Waals surface area contributed by atoms with Crippen molar-refractivity contribution in [2.75, 3.05) is 32.8 Å². The fourth-order valence-corrected chi connectivity index (χ4v) is 4.09. The van der Waals surface area contributed by atoms with Crippen molar-refractivity contribution in [1.82, 2.24) is 9.80 Å². The van der Waals surface area contributed by atoms with E-state index >= 15 is 0 Å². The first-order valence-electron chi connectivity index (χ1n) is 9.53. The lowest BCUT2D eigenvalue weighted by atomic mass is 9.82. The third-order valence-electron chi connectivity index (χ3n) is 5.81. The van der Waals surface area contributed by atoms with Crippen molar-refractivity contribution in [2.24, 2.45) is 5.92 Å². The van der Waals surface area contributed by atoms with Crippen LogP contribution < -0.4 is 0 Å². The number of nitrogens with zero attached hydrogens (tertiary/aromatic N) is 2. The zero-order valence-corrected chi connectivity index (χ0v) is 15.9. The minimum absolute atomic E-state index is 0.0789. The topological polar surface area (TPSA) is 76.1 Å². The summed E-state index contributed by atoms with van der Waals surface area (Å²) in [6, 6.07) is 0. The van der Waals surface area contributed by atoms with Crippen LogP contribution in [0.4, 0.5) is 4.79 Å². The SMILES string of the molecule is CCOC(=O)N1CCC2(CC1)OC(=O)C(C)=C2C(=O)N1CCC(C)CC1. The maximum Gasteiger partial charge on any atom is 0.409 e. The summed E-state index contributed by atoms with van der Waals surface area (Å²) in [5.41, 5.74) is 0.0170. The Bertz CT molecular complexity index is 626. The van der Waals surface area contributed by atoms with Crippen molar-refractivity contribution in [1.29, 1.82) is 0 Å². The average Bonchev–Trinajstić information content (AvgIpc) is 2.86. The first kappa shape index (κ1) is 18.7. The predicted molar refractivity (Wildman–Crippen MR) is 94.3 cm³/mol. The number of ether oxygens (including phenoxy) is 2. The molecule has 0 aromatic rings. The molecule has 0 radical (unpaired) electrons. The Balaban J connectivity index is 1.76. The second kappa shape index (κ2) is 7.29. The molecule has 0 aromatic heterocycles. The molecule has 144 valence electrons. The molecule has 3 aliphatic rings. The Morgan fingerprint density at radius 2 is 1.77 bits per heavy atom. The van der Waals surface area contributed by atoms with E-state index in [1.807, 2.05) is 4.90 Å². The highest BCUT2D eigenvalue weighted by Crippen LogP contribution is 2.42. The number of rotatable bonds is 2. The lowest BCUT2D eigenvalue weighted by molar-refractivity contribution is -0.151. The lowest BCUT2D eigenvalue weighted by Crippen LogP contribution is -2.51. The second-order valence-corrected chi connectivity index (χ2v) is 7.54. The van der Waals surface area contributed by atoms with Crippen LogP contribution in [-0.4, -0.2) is 66.2 Å². The molecule has 26 heavy (non-hydrogen) atoms. The molecular weight excluding hydrogens is 336 g/mol. The molecule has 0 saturated carbocycles. The van der Waals surface area contributed by atoms with Gasteiger partial charge >= 0.3 is 12.1 Å². The Labute approximate surface area is 154 Å². The predicted octanol–water partition coefficient (Wildman–Crippen LogP) is 2.11. The van der Waals surface area contributed by atoms with Crippen LogP contribution in [0, 0.1) is 5.92 Å². The molecule has 0 aromatic carbocycles. The van der Waals surface area contributed by atoms with E-state index in [1.54, 1.807) is 18.7 Å². The first-order valence-corrected chi connectivity index (χ1v) is 9.53. The maximum absolute atomic E-state index is 13.2. The monoisotopic (exact) mass is 364 g/mol. The molecule has 7 heteroatoms. The van der Waals surface area contributed by atoms with Crippen molar-refractivity contribution < 1.29 is 23.9 Å². The van der Waals surface area contributed by atoms with Crippen molar-refractivity contribution >= 4 is 18.0 Å². The van der Waals surface area contributed by atoms with Gasteiger partial charge in [-0.1, -0.05) is 6.92 Å². The summed E-state index contributed by atoms with van der Waals surface area (Å²) in [6.07, 6.45) is 2.47. The van der Waals surface area contributed by atoms with E-state index in [0.29, 0.717) is 49.6 Å². The van der Waals surface area contributed by atoms with Crippen molar-refractivity contribution in [3.63, 3.8) is 0 Å². The fourth-order valence-electron chi connectivity index (χ4n) is 4.09. The molecule has 0 N–H and O–H groups in total. The van der Waals surface area contributed by atoms with E-state index in [4.69, 9.17) is 9.47 Å². The highest BCUT2D eigenvalue weighted by atomic mass is 16.6. The summed E-state index contributed by atoms with van der Waals surface area (Å²) >= 11 is 0. The number of piperidine rings is 2. The molecule has 0 atom stereocenters. The number of amides is 2. The Hall–Kier alpha value is -2.05. The van der Waals surface area contributed by atoms with Crippen molar-refractivity contribution in [2.45, 2.75) is 52.1 Å². The molecular formula is C19H28N2O5. The molecule has 3 heterocycles. The van der Waals surface area contributed by atoms with E-state index in [0.717, 1.165) is 25.9 Å². The highest BCUT2D eigenvalue weighted by Gasteiger charge is 2.52. The molecule has 2 saturated heterocycles. The third-order valence-corrected chi connectivity index (χ3v) is 5.81. The summed E-state index contributed by atoms with van der Waals surface area (Å²) < 4.78 is 10.7. The number of hydrogen-bond acceptors (Lipinski definition) is 5. The molecule has 0 unspecified atom stereocenters. The minimum Gasteiger partial charge on any atom is -0.450 e. The molecule has 0 bridgehead atoms. The molecule has 7 nitrogen and oxygen atoms in total. The van der Waals surface area contributed by atoms with Crippen LogP contribution in [0.25, 0.3) is 0 Å². The quantitative estimate of drug-likeness (QED) is 0.702. The Morgan fingerprint density at radius 1 is 1.15 bits per heavy atom. The number of hydrogen-bond donors (Lipinski definition) is 0. The van der Waals surface area contributed by atoms with Gasteiger partial charge in [0.25, 0.3) is 5.91 Å². The van der Waals surface area contributed by atoms with Gasteiger partial charge < -0.3 is 19.3 Å². The molecule has 3 rings (SSSR count). The smallest absolute Gasteiger partial charge is 0.409 e. The Kier molecular flexibility index (Phi) is 5.25. The normalized spacial score (nSPS) is 23.4. The van der Waals surface area contributed by atoms with E-state index in [-0.39, 0.29) is 12.0 Å². The summed E-state index contributed by atoms with van der Waals surface area (Å²) in [5, 5.41) is 0. The van der Waals surface area contributed by atoms with Gasteiger partial charge in [-0.2, -0.15) is 0 Å². The fraction of sp³-hybridized carbons (Fsp3) is 0.737. The molecule has 3 aliphatic heterocycles. The number of carbonyl (C=O) groups is 3. The van der Waals surface area contributed by atoms with Gasteiger partial charge in [-0.15, -0.1) is 0 Å². The Morgan fingerprint density at radius 3 is 2.35 bits per heavy atom. The van der Waals surface area contributed by atoms with Crippen LogP contribution in [0.15, 0.2) is 11.1 Å². The van der Waals surface area contributed by atoms with Crippen LogP contribution in [0.1, 0.15) is 46.5 Å². The van der Waals surface area contributed by atoms with Crippen LogP contribution in [0.2, 0.25) is 0 Å². The van der Waals surface area contributed by atoms with E-state index < -0.39 is 11.6 Å². The molecule has 1 spiro atoms. The first-order chi connectivity index (χ1) is 12.4. The van der Waals surface area contributed by atoms with Gasteiger partial charge in [-0.25, -0.2) is 9.59 Å². The average molecular weight is 364 g/mol. The van der Waals surface area contributed by atoms with Gasteiger partial charge in [0.1, 0.15) is 5.60 Å². The number of esters is 1. The van der Waals surface area contributed by atoms with Crippen LogP contribution in [0.3, 0.4) is 0 Å². The van der Waals surface area contributed by atoms with E-state index in [1.165, 1.54) is 0 Å². The molecule has 2 fully saturated rings. The van der Waals surface area contributed by atoms with Gasteiger partial charge in [0.05, 0.1) is 12.2 Å². The second-order valence-electron chi connectivity index (χ2n) is 7.54. The van der Waals surface area contributed by atoms with Gasteiger partial charge in [-0.3, -0.25) is 4.79 Å². The highest BCUT2D eigenvalue weighted by molar-refractivity contribution is 6.07. The van der Waals surface area contributed by atoms with Gasteiger partial charge in [0, 0.05) is 44.6 Å². The lowest BCUT2D eigenvalue weighted by Gasteiger charge is -2.40. The van der Waals surface area contributed by atoms with Crippen LogP contribution in [0.5, 0.6) is 0 Å². The van der Waals surface area contributed by atoms with Crippen LogP contribution in [-0.2, 0) is 19.1 Å². The summed E-state index contributed by atoms with van der Waals surface area (Å²) in [6.45, 7) is 8.22. The summed E-state index contributed by atoms with van der Waals surface area (Å²) in [4.78, 5) is 40.8. The van der Waals surface area contributed by atoms with E-state index in [9.17, 15) is 14.4 Å². The zero-order valence-electron chi connectivity index (χ0n) is 15.9. The number of likely N-dealkylation sites (tertiary alicyclic amines) is 2. The van der Waals surface area contributed by atoms with Crippen LogP contribution >= 0.6 is 0 Å². The third kappa shape index (κ3) is 3.31. The maximum atomic E-state index is 13.2. The van der Waals surface area contributed by atoms with Gasteiger partial charge in [-0.05, 0) is 32.6 Å². The standard InChI is InChI=1S/C19H28N2O5/c1-4-25-18(24)21-11-7-19(8-12-21)15(14(3)17(23)26-19)16(22)20-9-5-13(2)6-10-20/h13H,4-12H2,1-3H3. The largest absolute Gasteiger partial charge is 0.450 e. The van der Waals surface area contributed by atoms with Crippen molar-refractivity contribution in [3.05, 3.63) is 11.1 Å².